The van der Waals surface area contributed by atoms with Crippen molar-refractivity contribution in [3.05, 3.63) is 0 Å². The summed E-state index contributed by atoms with van der Waals surface area (Å²) in [6.07, 6.45) is 4.36. The van der Waals surface area contributed by atoms with Gasteiger partial charge in [-0.2, -0.15) is 0 Å². The minimum absolute atomic E-state index is 0.0722. The molecule has 80 valence electrons. The van der Waals surface area contributed by atoms with Gasteiger partial charge in [-0.25, -0.2) is 0 Å². The van der Waals surface area contributed by atoms with E-state index in [1.54, 1.807) is 4.90 Å². The van der Waals surface area contributed by atoms with E-state index < -0.39 is 0 Å². The molecule has 14 heavy (non-hydrogen) atoms. The lowest BCUT2D eigenvalue weighted by molar-refractivity contribution is -0.128. The molecule has 0 aromatic carbocycles. The van der Waals surface area contributed by atoms with Gasteiger partial charge in [-0.3, -0.25) is 4.79 Å². The van der Waals surface area contributed by atoms with Crippen LogP contribution in [-0.2, 0) is 9.59 Å². The van der Waals surface area contributed by atoms with Crippen molar-refractivity contribution in [3.63, 3.8) is 0 Å². The zero-order valence-electron chi connectivity index (χ0n) is 8.45. The summed E-state index contributed by atoms with van der Waals surface area (Å²) in [7, 11) is 0. The van der Waals surface area contributed by atoms with E-state index in [1.807, 2.05) is 0 Å². The number of unbranched alkanes of at least 4 members (excludes halogenated alkanes) is 2. The summed E-state index contributed by atoms with van der Waals surface area (Å²) in [4.78, 5) is 23.6. The number of carbonyl (C=O) groups excluding carboxylic acids is 2. The number of nitrogens with two attached hydrogens (primary N) is 1. The molecule has 1 saturated heterocycles. The van der Waals surface area contributed by atoms with Gasteiger partial charge >= 0.3 is 0 Å². The summed E-state index contributed by atoms with van der Waals surface area (Å²) in [6, 6.07) is 0. The second kappa shape index (κ2) is 5.75. The molecule has 0 aromatic heterocycles. The van der Waals surface area contributed by atoms with Crippen LogP contribution in [-0.4, -0.2) is 36.7 Å². The summed E-state index contributed by atoms with van der Waals surface area (Å²) >= 11 is 0. The monoisotopic (exact) mass is 198 g/mol. The zero-order valence-corrected chi connectivity index (χ0v) is 8.45. The fourth-order valence-electron chi connectivity index (χ4n) is 1.73. The van der Waals surface area contributed by atoms with Crippen molar-refractivity contribution in [1.29, 1.82) is 0 Å². The van der Waals surface area contributed by atoms with Gasteiger partial charge in [0.2, 0.25) is 5.91 Å². The largest absolute Gasteiger partial charge is 0.342 e. The van der Waals surface area contributed by atoms with Crippen LogP contribution >= 0.6 is 0 Å². The molecule has 0 spiro atoms. The summed E-state index contributed by atoms with van der Waals surface area (Å²) < 4.78 is 0. The molecule has 1 aliphatic heterocycles. The third-order valence-electron chi connectivity index (χ3n) is 2.57. The highest BCUT2D eigenvalue weighted by Crippen LogP contribution is 2.16. The highest BCUT2D eigenvalue weighted by atomic mass is 16.2. The van der Waals surface area contributed by atoms with Crippen LogP contribution < -0.4 is 5.73 Å². The van der Waals surface area contributed by atoms with E-state index in [4.69, 9.17) is 5.73 Å². The minimum Gasteiger partial charge on any atom is -0.342 e. The van der Waals surface area contributed by atoms with Gasteiger partial charge in [-0.15, -0.1) is 0 Å². The molecule has 4 heteroatoms. The maximum absolute atomic E-state index is 11.3. The second-order valence-corrected chi connectivity index (χ2v) is 3.79. The van der Waals surface area contributed by atoms with Crippen molar-refractivity contribution in [1.82, 2.24) is 4.90 Å². The Labute approximate surface area is 84.4 Å². The molecule has 0 aromatic rings. The molecule has 0 aliphatic carbocycles. The van der Waals surface area contributed by atoms with Crippen LogP contribution in [0.3, 0.4) is 0 Å². The van der Waals surface area contributed by atoms with Crippen molar-refractivity contribution in [2.45, 2.75) is 25.7 Å². The Balaban J connectivity index is 2.18. The SMILES string of the molecule is NCCCCCN1CC(C=O)CC1=O. The van der Waals surface area contributed by atoms with Gasteiger partial charge in [-0.05, 0) is 19.4 Å². The lowest BCUT2D eigenvalue weighted by Gasteiger charge is -2.15. The Morgan fingerprint density at radius 1 is 1.43 bits per heavy atom. The van der Waals surface area contributed by atoms with E-state index in [2.05, 4.69) is 0 Å². The molecule has 1 amide bonds. The predicted molar refractivity (Wildman–Crippen MR) is 53.7 cm³/mol. The van der Waals surface area contributed by atoms with Crippen molar-refractivity contribution in [2.24, 2.45) is 11.7 Å². The first-order valence-corrected chi connectivity index (χ1v) is 5.21. The molecule has 2 N–H and O–H groups in total. The second-order valence-electron chi connectivity index (χ2n) is 3.79. The number of hydrogen-bond donors (Lipinski definition) is 1. The van der Waals surface area contributed by atoms with Crippen LogP contribution in [0.1, 0.15) is 25.7 Å². The van der Waals surface area contributed by atoms with E-state index in [0.29, 0.717) is 19.5 Å². The highest BCUT2D eigenvalue weighted by molar-refractivity contribution is 5.82. The third-order valence-corrected chi connectivity index (χ3v) is 2.57. The van der Waals surface area contributed by atoms with Crippen molar-refractivity contribution in [2.75, 3.05) is 19.6 Å². The lowest BCUT2D eigenvalue weighted by atomic mass is 10.1. The van der Waals surface area contributed by atoms with Crippen molar-refractivity contribution < 1.29 is 9.59 Å². The van der Waals surface area contributed by atoms with Gasteiger partial charge in [0.15, 0.2) is 0 Å². The summed E-state index contributed by atoms with van der Waals surface area (Å²) in [6.45, 7) is 2.11. The molecule has 0 radical (unpaired) electrons. The van der Waals surface area contributed by atoms with Gasteiger partial charge < -0.3 is 15.4 Å². The Bertz CT molecular complexity index is 206. The number of amides is 1. The molecule has 1 rings (SSSR count). The molecule has 4 nitrogen and oxygen atoms in total. The van der Waals surface area contributed by atoms with E-state index >= 15 is 0 Å². The van der Waals surface area contributed by atoms with E-state index in [9.17, 15) is 9.59 Å². The number of likely N-dealkylation sites (tertiary alicyclic amines) is 1. The molecule has 1 fully saturated rings. The average Bonchev–Trinajstić information content (AvgIpc) is 2.54. The van der Waals surface area contributed by atoms with Crippen molar-refractivity contribution >= 4 is 12.2 Å². The summed E-state index contributed by atoms with van der Waals surface area (Å²) in [5.74, 6) is 0.0480. The van der Waals surface area contributed by atoms with E-state index in [0.717, 1.165) is 32.1 Å². The molecule has 1 atom stereocenters. The van der Waals surface area contributed by atoms with Gasteiger partial charge in [0, 0.05) is 25.4 Å². The molecule has 1 aliphatic rings. The van der Waals surface area contributed by atoms with E-state index in [-0.39, 0.29) is 11.8 Å². The maximum atomic E-state index is 11.3. The Morgan fingerprint density at radius 3 is 2.79 bits per heavy atom. The number of carbonyl (C=O) groups is 2. The number of nitrogens with zero attached hydrogens (tertiary/aromatic N) is 1. The standard InChI is InChI=1S/C10H18N2O2/c11-4-2-1-3-5-12-7-9(8-13)6-10(12)14/h8-9H,1-7,11H2. The Morgan fingerprint density at radius 2 is 2.21 bits per heavy atom. The van der Waals surface area contributed by atoms with Gasteiger partial charge in [-0.1, -0.05) is 6.42 Å². The number of aldehydes is 1. The van der Waals surface area contributed by atoms with Crippen LogP contribution in [0.2, 0.25) is 0 Å². The summed E-state index contributed by atoms with van der Waals surface area (Å²) in [5.41, 5.74) is 5.37. The molecule has 1 unspecified atom stereocenters. The topological polar surface area (TPSA) is 63.4 Å². The fraction of sp³-hybridized carbons (Fsp3) is 0.800. The Kier molecular flexibility index (Phi) is 4.59. The first kappa shape index (κ1) is 11.2. The van der Waals surface area contributed by atoms with Crippen molar-refractivity contribution in [3.8, 4) is 0 Å². The van der Waals surface area contributed by atoms with Gasteiger partial charge in [0.1, 0.15) is 6.29 Å². The number of hydrogen-bond acceptors (Lipinski definition) is 3. The van der Waals surface area contributed by atoms with Crippen LogP contribution in [0.5, 0.6) is 0 Å². The fourth-order valence-corrected chi connectivity index (χ4v) is 1.73. The smallest absolute Gasteiger partial charge is 0.223 e. The molecular formula is C10H18N2O2. The first-order valence-electron chi connectivity index (χ1n) is 5.21. The van der Waals surface area contributed by atoms with Gasteiger partial charge in [0.25, 0.3) is 0 Å². The average molecular weight is 198 g/mol. The van der Waals surface area contributed by atoms with Crippen LogP contribution in [0.15, 0.2) is 0 Å². The first-order chi connectivity index (χ1) is 6.77. The normalized spacial score (nSPS) is 21.6. The number of rotatable bonds is 6. The zero-order chi connectivity index (χ0) is 10.4. The van der Waals surface area contributed by atoms with E-state index in [1.165, 1.54) is 0 Å². The predicted octanol–water partition coefficient (Wildman–Crippen LogP) is 0.163. The molecule has 1 heterocycles. The maximum Gasteiger partial charge on any atom is 0.223 e. The summed E-state index contributed by atoms with van der Waals surface area (Å²) in [5, 5.41) is 0. The van der Waals surface area contributed by atoms with Crippen LogP contribution in [0.25, 0.3) is 0 Å². The quantitative estimate of drug-likeness (QED) is 0.488. The molecule has 0 saturated carbocycles. The third kappa shape index (κ3) is 3.10. The lowest BCUT2D eigenvalue weighted by Crippen LogP contribution is -2.26. The van der Waals surface area contributed by atoms with Crippen LogP contribution in [0, 0.1) is 5.92 Å². The minimum atomic E-state index is -0.0722. The van der Waals surface area contributed by atoms with Gasteiger partial charge in [0.05, 0.1) is 0 Å². The highest BCUT2D eigenvalue weighted by Gasteiger charge is 2.28. The molecular weight excluding hydrogens is 180 g/mol. The molecule has 0 bridgehead atoms. The van der Waals surface area contributed by atoms with Crippen LogP contribution in [0.4, 0.5) is 0 Å². The Hall–Kier alpha value is -0.900.